The van der Waals surface area contributed by atoms with E-state index < -0.39 is 0 Å². The predicted octanol–water partition coefficient (Wildman–Crippen LogP) is 4.93. The zero-order valence-corrected chi connectivity index (χ0v) is 20.5. The van der Waals surface area contributed by atoms with Crippen LogP contribution in [0.4, 0.5) is 10.5 Å². The van der Waals surface area contributed by atoms with Crippen LogP contribution in [0.5, 0.6) is 0 Å². The molecule has 0 atom stereocenters. The normalized spacial score (nSPS) is 13.8. The number of carbonyl (C=O) groups excluding carboxylic acids is 2. The smallest absolute Gasteiger partial charge is 0.409 e. The molecule has 2 aromatic carbocycles. The number of piperazine rings is 1. The van der Waals surface area contributed by atoms with Crippen LogP contribution in [0.1, 0.15) is 23.7 Å². The van der Waals surface area contributed by atoms with E-state index in [9.17, 15) is 9.59 Å². The highest BCUT2D eigenvalue weighted by atomic mass is 35.5. The number of hydrogen-bond acceptors (Lipinski definition) is 5. The molecule has 34 heavy (non-hydrogen) atoms. The van der Waals surface area contributed by atoms with Crippen LogP contribution in [0.3, 0.4) is 0 Å². The first-order valence-corrected chi connectivity index (χ1v) is 11.8. The zero-order chi connectivity index (χ0) is 24.2. The molecule has 2 amide bonds. The minimum Gasteiger partial charge on any atom is -0.449 e. The first-order chi connectivity index (χ1) is 16.4. The molecule has 0 saturated carbocycles. The molecule has 1 aliphatic heterocycles. The second-order valence-corrected chi connectivity index (χ2v) is 8.97. The van der Waals surface area contributed by atoms with E-state index in [2.05, 4.69) is 6.07 Å². The third kappa shape index (κ3) is 5.09. The number of rotatable bonds is 5. The van der Waals surface area contributed by atoms with Gasteiger partial charge in [-0.25, -0.2) is 9.78 Å². The first kappa shape index (κ1) is 23.8. The molecule has 4 rings (SSSR count). The number of hydrogen-bond donors (Lipinski definition) is 0. The molecule has 0 bridgehead atoms. The molecule has 1 saturated heterocycles. The number of aromatic nitrogens is 1. The summed E-state index contributed by atoms with van der Waals surface area (Å²) in [5, 5.41) is 1.39. The highest BCUT2D eigenvalue weighted by Gasteiger charge is 2.26. The Labute approximate surface area is 204 Å². The van der Waals surface area contributed by atoms with E-state index in [0.717, 1.165) is 28.8 Å². The molecule has 0 aliphatic carbocycles. The van der Waals surface area contributed by atoms with Gasteiger partial charge in [0.25, 0.3) is 5.91 Å². The number of carbonyl (C=O) groups is 2. The Kier molecular flexibility index (Phi) is 7.22. The molecule has 178 valence electrons. The van der Waals surface area contributed by atoms with Crippen molar-refractivity contribution in [3.8, 4) is 11.3 Å². The quantitative estimate of drug-likeness (QED) is 0.518. The van der Waals surface area contributed by atoms with E-state index in [1.807, 2.05) is 56.3 Å². The van der Waals surface area contributed by atoms with Crippen molar-refractivity contribution in [3.05, 3.63) is 59.1 Å². The molecule has 7 nitrogen and oxygen atoms in total. The number of halogens is 1. The van der Waals surface area contributed by atoms with Gasteiger partial charge in [-0.15, -0.1) is 0 Å². The van der Waals surface area contributed by atoms with Gasteiger partial charge in [0, 0.05) is 62.5 Å². The summed E-state index contributed by atoms with van der Waals surface area (Å²) in [7, 11) is 3.98. The molecule has 1 aliphatic rings. The number of pyridine rings is 1. The summed E-state index contributed by atoms with van der Waals surface area (Å²) in [6, 6.07) is 15.4. The van der Waals surface area contributed by atoms with Crippen molar-refractivity contribution in [2.75, 3.05) is 51.8 Å². The summed E-state index contributed by atoms with van der Waals surface area (Å²) in [4.78, 5) is 35.5. The largest absolute Gasteiger partial charge is 0.449 e. The predicted molar refractivity (Wildman–Crippen MR) is 136 cm³/mol. The monoisotopic (exact) mass is 480 g/mol. The number of ether oxygens (including phenoxy) is 1. The van der Waals surface area contributed by atoms with E-state index in [1.165, 1.54) is 0 Å². The minimum atomic E-state index is -0.315. The Balaban J connectivity index is 1.54. The molecule has 0 radical (unpaired) electrons. The average Bonchev–Trinajstić information content (AvgIpc) is 2.86. The Bertz CT molecular complexity index is 1210. The van der Waals surface area contributed by atoms with Crippen LogP contribution in [-0.4, -0.2) is 73.7 Å². The highest BCUT2D eigenvalue weighted by molar-refractivity contribution is 6.35. The Morgan fingerprint density at radius 3 is 2.47 bits per heavy atom. The van der Waals surface area contributed by atoms with E-state index in [1.54, 1.807) is 21.9 Å². The first-order valence-electron chi connectivity index (χ1n) is 11.5. The van der Waals surface area contributed by atoms with E-state index in [0.29, 0.717) is 48.9 Å². The molecule has 0 N–H and O–H groups in total. The molecular formula is C26H29ClN4O3. The van der Waals surface area contributed by atoms with E-state index >= 15 is 0 Å². The fourth-order valence-electron chi connectivity index (χ4n) is 3.97. The highest BCUT2D eigenvalue weighted by Crippen LogP contribution is 2.30. The molecule has 1 fully saturated rings. The van der Waals surface area contributed by atoms with Gasteiger partial charge in [0.1, 0.15) is 0 Å². The van der Waals surface area contributed by atoms with E-state index in [4.69, 9.17) is 21.3 Å². The van der Waals surface area contributed by atoms with Gasteiger partial charge < -0.3 is 19.4 Å². The second kappa shape index (κ2) is 10.3. The van der Waals surface area contributed by atoms with Gasteiger partial charge in [0.15, 0.2) is 0 Å². The van der Waals surface area contributed by atoms with Crippen LogP contribution in [0.25, 0.3) is 22.2 Å². The van der Waals surface area contributed by atoms with E-state index in [-0.39, 0.29) is 12.0 Å². The summed E-state index contributed by atoms with van der Waals surface area (Å²) < 4.78 is 5.20. The molecule has 8 heteroatoms. The SMILES string of the molecule is CCCOC(=O)N1CCN(C(=O)c2ccc3c(Cl)cc(-c4cccc(N(C)C)c4)nc3c2)CC1. The lowest BCUT2D eigenvalue weighted by Crippen LogP contribution is -2.50. The lowest BCUT2D eigenvalue weighted by atomic mass is 10.1. The van der Waals surface area contributed by atoms with Gasteiger partial charge in [-0.2, -0.15) is 0 Å². The second-order valence-electron chi connectivity index (χ2n) is 8.56. The Morgan fingerprint density at radius 2 is 1.76 bits per heavy atom. The van der Waals surface area contributed by atoms with Crippen molar-refractivity contribution < 1.29 is 14.3 Å². The topological polar surface area (TPSA) is 66.0 Å². The molecule has 2 heterocycles. The summed E-state index contributed by atoms with van der Waals surface area (Å²) in [6.45, 7) is 4.20. The lowest BCUT2D eigenvalue weighted by Gasteiger charge is -2.34. The van der Waals surface area contributed by atoms with Crippen LogP contribution in [0.2, 0.25) is 5.02 Å². The van der Waals surface area contributed by atoms with Gasteiger partial charge in [0.2, 0.25) is 0 Å². The van der Waals surface area contributed by atoms with Crippen molar-refractivity contribution in [3.63, 3.8) is 0 Å². The van der Waals surface area contributed by atoms with Gasteiger partial charge in [-0.3, -0.25) is 4.79 Å². The Morgan fingerprint density at radius 1 is 1.03 bits per heavy atom. The van der Waals surface area contributed by atoms with Crippen molar-refractivity contribution in [2.45, 2.75) is 13.3 Å². The Hall–Kier alpha value is -3.32. The van der Waals surface area contributed by atoms with Gasteiger partial charge >= 0.3 is 6.09 Å². The maximum atomic E-state index is 13.2. The van der Waals surface area contributed by atoms with Crippen LogP contribution in [-0.2, 0) is 4.74 Å². The number of amides is 2. The van der Waals surface area contributed by atoms with Crippen molar-refractivity contribution in [1.82, 2.24) is 14.8 Å². The van der Waals surface area contributed by atoms with Crippen molar-refractivity contribution in [2.24, 2.45) is 0 Å². The third-order valence-electron chi connectivity index (χ3n) is 5.92. The summed E-state index contributed by atoms with van der Waals surface area (Å²) in [5.41, 5.74) is 4.00. The summed E-state index contributed by atoms with van der Waals surface area (Å²) in [5.74, 6) is -0.0820. The fraction of sp³-hybridized carbons (Fsp3) is 0.346. The number of benzene rings is 2. The lowest BCUT2D eigenvalue weighted by molar-refractivity contribution is 0.0560. The molecular weight excluding hydrogens is 452 g/mol. The molecule has 1 aromatic heterocycles. The average molecular weight is 481 g/mol. The van der Waals surface area contributed by atoms with Crippen LogP contribution < -0.4 is 4.90 Å². The minimum absolute atomic E-state index is 0.0820. The number of nitrogens with zero attached hydrogens (tertiary/aromatic N) is 4. The van der Waals surface area contributed by atoms with Gasteiger partial charge in [0.05, 0.1) is 22.8 Å². The van der Waals surface area contributed by atoms with Gasteiger partial charge in [-0.1, -0.05) is 36.7 Å². The standard InChI is InChI=1S/C26H29ClN4O3/c1-4-14-34-26(33)31-12-10-30(11-13-31)25(32)19-8-9-21-22(27)17-23(28-24(21)16-19)18-6-5-7-20(15-18)29(2)3/h5-9,15-17H,4,10-14H2,1-3H3. The number of anilines is 1. The maximum absolute atomic E-state index is 13.2. The van der Waals surface area contributed by atoms with Crippen LogP contribution in [0, 0.1) is 0 Å². The van der Waals surface area contributed by atoms with Crippen molar-refractivity contribution >= 4 is 40.2 Å². The van der Waals surface area contributed by atoms with Gasteiger partial charge in [-0.05, 0) is 36.8 Å². The van der Waals surface area contributed by atoms with Crippen LogP contribution in [0.15, 0.2) is 48.5 Å². The molecule has 0 spiro atoms. The summed E-state index contributed by atoms with van der Waals surface area (Å²) in [6.07, 6.45) is 0.469. The molecule has 0 unspecified atom stereocenters. The zero-order valence-electron chi connectivity index (χ0n) is 19.8. The maximum Gasteiger partial charge on any atom is 0.409 e. The summed E-state index contributed by atoms with van der Waals surface area (Å²) >= 11 is 6.58. The van der Waals surface area contributed by atoms with Crippen LogP contribution >= 0.6 is 11.6 Å². The molecule has 3 aromatic rings. The third-order valence-corrected chi connectivity index (χ3v) is 6.23. The fourth-order valence-corrected chi connectivity index (χ4v) is 4.23. The number of fused-ring (bicyclic) bond motifs is 1. The van der Waals surface area contributed by atoms with Crippen molar-refractivity contribution in [1.29, 1.82) is 0 Å².